The summed E-state index contributed by atoms with van der Waals surface area (Å²) in [7, 11) is 0. The van der Waals surface area contributed by atoms with Gasteiger partial charge in [0.2, 0.25) is 0 Å². The van der Waals surface area contributed by atoms with Crippen molar-refractivity contribution in [3.8, 4) is 11.1 Å². The lowest BCUT2D eigenvalue weighted by Crippen LogP contribution is -1.95. The predicted molar refractivity (Wildman–Crippen MR) is 78.7 cm³/mol. The minimum absolute atomic E-state index is 1.18. The van der Waals surface area contributed by atoms with Gasteiger partial charge in [-0.3, -0.25) is 0 Å². The zero-order valence-corrected chi connectivity index (χ0v) is 11.0. The van der Waals surface area contributed by atoms with E-state index >= 15 is 0 Å². The lowest BCUT2D eigenvalue weighted by atomic mass is 9.91. The van der Waals surface area contributed by atoms with Crippen LogP contribution in [0.1, 0.15) is 28.7 Å². The summed E-state index contributed by atoms with van der Waals surface area (Å²) in [4.78, 5) is 0. The van der Waals surface area contributed by atoms with Crippen LogP contribution < -0.4 is 0 Å². The van der Waals surface area contributed by atoms with Crippen molar-refractivity contribution < 1.29 is 0 Å². The molecule has 2 aromatic rings. The highest BCUT2D eigenvalue weighted by Crippen LogP contribution is 2.29. The van der Waals surface area contributed by atoms with Gasteiger partial charge in [0.05, 0.1) is 0 Å². The van der Waals surface area contributed by atoms with Gasteiger partial charge in [0.25, 0.3) is 0 Å². The van der Waals surface area contributed by atoms with Crippen molar-refractivity contribution in [1.29, 1.82) is 0 Å². The average molecular weight is 234 g/mol. The van der Waals surface area contributed by atoms with Gasteiger partial charge < -0.3 is 0 Å². The fourth-order valence-electron chi connectivity index (χ4n) is 2.66. The molecule has 0 amide bonds. The zero-order chi connectivity index (χ0) is 12.5. The Morgan fingerprint density at radius 3 is 2.78 bits per heavy atom. The van der Waals surface area contributed by atoms with Gasteiger partial charge in [-0.1, -0.05) is 42.5 Å². The van der Waals surface area contributed by atoms with Gasteiger partial charge in [0.1, 0.15) is 0 Å². The van der Waals surface area contributed by atoms with Gasteiger partial charge in [-0.15, -0.1) is 0 Å². The Labute approximate surface area is 109 Å². The summed E-state index contributed by atoms with van der Waals surface area (Å²) in [6.45, 7) is 4.39. The van der Waals surface area contributed by atoms with Crippen LogP contribution in [0.3, 0.4) is 0 Å². The molecule has 2 aromatic carbocycles. The van der Waals surface area contributed by atoms with Crippen molar-refractivity contribution in [3.63, 3.8) is 0 Å². The Morgan fingerprint density at radius 2 is 1.89 bits per heavy atom. The van der Waals surface area contributed by atoms with E-state index in [2.05, 4.69) is 62.4 Å². The van der Waals surface area contributed by atoms with E-state index in [1.807, 2.05) is 0 Å². The molecule has 1 aliphatic carbocycles. The van der Waals surface area contributed by atoms with Crippen molar-refractivity contribution in [1.82, 2.24) is 0 Å². The lowest BCUT2D eigenvalue weighted by Gasteiger charge is -2.14. The average Bonchev–Trinajstić information content (AvgIpc) is 2.41. The second kappa shape index (κ2) is 4.45. The van der Waals surface area contributed by atoms with Gasteiger partial charge in [-0.2, -0.15) is 0 Å². The van der Waals surface area contributed by atoms with Gasteiger partial charge in [0.15, 0.2) is 0 Å². The van der Waals surface area contributed by atoms with Gasteiger partial charge >= 0.3 is 0 Å². The van der Waals surface area contributed by atoms with Crippen LogP contribution in [0, 0.1) is 13.8 Å². The van der Waals surface area contributed by atoms with E-state index in [0.717, 1.165) is 0 Å². The molecular weight excluding hydrogens is 216 g/mol. The van der Waals surface area contributed by atoms with Crippen LogP contribution in [0.15, 0.2) is 42.5 Å². The normalized spacial score (nSPS) is 13.4. The fraction of sp³-hybridized carbons (Fsp3) is 0.222. The van der Waals surface area contributed by atoms with Crippen LogP contribution in [0.4, 0.5) is 0 Å². The first-order valence-electron chi connectivity index (χ1n) is 6.62. The Kier molecular flexibility index (Phi) is 2.79. The van der Waals surface area contributed by atoms with E-state index in [1.54, 1.807) is 0 Å². The zero-order valence-electron chi connectivity index (χ0n) is 11.0. The highest BCUT2D eigenvalue weighted by molar-refractivity contribution is 5.72. The Morgan fingerprint density at radius 1 is 1.00 bits per heavy atom. The SMILES string of the molecule is Cc1cccc(-c2ccc3c(c2)C=CCC3)c1C. The van der Waals surface area contributed by atoms with Gasteiger partial charge in [-0.05, 0) is 66.1 Å². The molecule has 0 heterocycles. The molecule has 18 heavy (non-hydrogen) atoms. The van der Waals surface area contributed by atoms with Crippen molar-refractivity contribution in [2.45, 2.75) is 26.7 Å². The van der Waals surface area contributed by atoms with Crippen LogP contribution in [0.5, 0.6) is 0 Å². The molecule has 0 atom stereocenters. The summed E-state index contributed by atoms with van der Waals surface area (Å²) in [5.41, 5.74) is 8.31. The second-order valence-electron chi connectivity index (χ2n) is 5.10. The molecular formula is C18H18. The standard InChI is InChI=1S/C18H18/c1-13-6-5-9-18(14(13)2)17-11-10-15-7-3-4-8-16(15)12-17/h4-6,8-12H,3,7H2,1-2H3. The molecule has 0 spiro atoms. The molecule has 0 fully saturated rings. The first-order chi connectivity index (χ1) is 8.75. The molecule has 0 N–H and O–H groups in total. The summed E-state index contributed by atoms with van der Waals surface area (Å²) in [6, 6.07) is 13.4. The van der Waals surface area contributed by atoms with E-state index in [-0.39, 0.29) is 0 Å². The molecule has 0 unspecified atom stereocenters. The van der Waals surface area contributed by atoms with Crippen molar-refractivity contribution in [2.75, 3.05) is 0 Å². The molecule has 90 valence electrons. The summed E-state index contributed by atoms with van der Waals surface area (Å²) in [6.07, 6.45) is 6.89. The topological polar surface area (TPSA) is 0 Å². The number of rotatable bonds is 1. The molecule has 0 saturated heterocycles. The third kappa shape index (κ3) is 1.88. The molecule has 0 saturated carbocycles. The second-order valence-corrected chi connectivity index (χ2v) is 5.10. The summed E-state index contributed by atoms with van der Waals surface area (Å²) >= 11 is 0. The maximum absolute atomic E-state index is 2.33. The molecule has 1 aliphatic rings. The van der Waals surface area contributed by atoms with E-state index in [4.69, 9.17) is 0 Å². The number of aryl methyl sites for hydroxylation is 2. The van der Waals surface area contributed by atoms with E-state index in [9.17, 15) is 0 Å². The molecule has 3 rings (SSSR count). The summed E-state index contributed by atoms with van der Waals surface area (Å²) in [5.74, 6) is 0. The third-order valence-electron chi connectivity index (χ3n) is 3.94. The Balaban J connectivity index is 2.13. The molecule has 0 bridgehead atoms. The van der Waals surface area contributed by atoms with Gasteiger partial charge in [-0.25, -0.2) is 0 Å². The quantitative estimate of drug-likeness (QED) is 0.656. The van der Waals surface area contributed by atoms with Gasteiger partial charge in [0, 0.05) is 0 Å². The number of allylic oxidation sites excluding steroid dienone is 1. The third-order valence-corrected chi connectivity index (χ3v) is 3.94. The van der Waals surface area contributed by atoms with E-state index < -0.39 is 0 Å². The van der Waals surface area contributed by atoms with E-state index in [0.29, 0.717) is 0 Å². The van der Waals surface area contributed by atoms with E-state index in [1.165, 1.54) is 46.2 Å². The fourth-order valence-corrected chi connectivity index (χ4v) is 2.66. The predicted octanol–water partition coefficient (Wildman–Crippen LogP) is 4.93. The highest BCUT2D eigenvalue weighted by atomic mass is 14.1. The first kappa shape index (κ1) is 11.3. The largest absolute Gasteiger partial charge is 0.0836 e. The number of fused-ring (bicyclic) bond motifs is 1. The Bertz CT molecular complexity index is 618. The van der Waals surface area contributed by atoms with Crippen LogP contribution in [0.2, 0.25) is 0 Å². The number of hydrogen-bond acceptors (Lipinski definition) is 0. The van der Waals surface area contributed by atoms with Crippen LogP contribution in [-0.2, 0) is 6.42 Å². The Hall–Kier alpha value is -1.82. The molecule has 0 nitrogen and oxygen atoms in total. The van der Waals surface area contributed by atoms with Crippen LogP contribution in [0.25, 0.3) is 17.2 Å². The maximum Gasteiger partial charge on any atom is -0.0152 e. The number of benzene rings is 2. The molecule has 0 heteroatoms. The first-order valence-corrected chi connectivity index (χ1v) is 6.62. The number of hydrogen-bond donors (Lipinski definition) is 0. The van der Waals surface area contributed by atoms with Crippen molar-refractivity contribution >= 4 is 6.08 Å². The summed E-state index contributed by atoms with van der Waals surface area (Å²) < 4.78 is 0. The monoisotopic (exact) mass is 234 g/mol. The van der Waals surface area contributed by atoms with Crippen LogP contribution >= 0.6 is 0 Å². The molecule has 0 radical (unpaired) electrons. The summed E-state index contributed by atoms with van der Waals surface area (Å²) in [5, 5.41) is 0. The molecule has 0 aliphatic heterocycles. The highest BCUT2D eigenvalue weighted by Gasteiger charge is 2.08. The minimum Gasteiger partial charge on any atom is -0.0836 e. The molecule has 0 aromatic heterocycles. The lowest BCUT2D eigenvalue weighted by molar-refractivity contribution is 0.986. The van der Waals surface area contributed by atoms with Crippen molar-refractivity contribution in [2.24, 2.45) is 0 Å². The smallest absolute Gasteiger partial charge is 0.0152 e. The maximum atomic E-state index is 2.33. The van der Waals surface area contributed by atoms with Crippen LogP contribution in [-0.4, -0.2) is 0 Å². The van der Waals surface area contributed by atoms with Crippen molar-refractivity contribution in [3.05, 3.63) is 64.7 Å². The minimum atomic E-state index is 1.18.